The Kier molecular flexibility index (Phi) is 6.92. The number of hydrogen-bond acceptors (Lipinski definition) is 7. The van der Waals surface area contributed by atoms with Crippen LogP contribution in [-0.2, 0) is 16.2 Å². The lowest BCUT2D eigenvalue weighted by atomic mass is 10.1. The summed E-state index contributed by atoms with van der Waals surface area (Å²) in [5.74, 6) is 1.79. The summed E-state index contributed by atoms with van der Waals surface area (Å²) < 4.78 is 74.0. The average molecular weight is 567 g/mol. The van der Waals surface area contributed by atoms with E-state index >= 15 is 0 Å². The minimum atomic E-state index is -4.63. The zero-order valence-electron chi connectivity index (χ0n) is 20.1. The molecule has 14 heteroatoms. The summed E-state index contributed by atoms with van der Waals surface area (Å²) in [6.45, 7) is 1.04. The van der Waals surface area contributed by atoms with Gasteiger partial charge in [-0.05, 0) is 42.3 Å². The Bertz CT molecular complexity index is 1580. The molecule has 0 N–H and O–H groups in total. The van der Waals surface area contributed by atoms with Crippen molar-refractivity contribution in [3.8, 4) is 16.9 Å². The zero-order valence-corrected chi connectivity index (χ0v) is 21.6. The number of benzene rings is 2. The highest BCUT2D eigenvalue weighted by atomic mass is 35.5. The fourth-order valence-corrected chi connectivity index (χ4v) is 6.40. The van der Waals surface area contributed by atoms with Gasteiger partial charge in [0.05, 0.1) is 17.7 Å². The predicted molar refractivity (Wildman–Crippen MR) is 135 cm³/mol. The van der Waals surface area contributed by atoms with Gasteiger partial charge in [-0.15, -0.1) is 0 Å². The molecule has 0 aliphatic carbocycles. The van der Waals surface area contributed by atoms with Gasteiger partial charge in [-0.25, -0.2) is 13.4 Å². The number of alkyl halides is 3. The van der Waals surface area contributed by atoms with E-state index in [-0.39, 0.29) is 18.0 Å². The summed E-state index contributed by atoms with van der Waals surface area (Å²) in [5, 5.41) is 3.86. The summed E-state index contributed by atoms with van der Waals surface area (Å²) in [6, 6.07) is 9.71. The van der Waals surface area contributed by atoms with E-state index < -0.39 is 26.8 Å². The van der Waals surface area contributed by atoms with E-state index in [9.17, 15) is 21.6 Å². The van der Waals surface area contributed by atoms with Crippen molar-refractivity contribution >= 4 is 33.2 Å². The van der Waals surface area contributed by atoms with E-state index in [0.717, 1.165) is 23.3 Å². The second-order valence-corrected chi connectivity index (χ2v) is 10.9. The molecule has 0 unspecified atom stereocenters. The third kappa shape index (κ3) is 4.88. The van der Waals surface area contributed by atoms with Crippen LogP contribution in [0.4, 0.5) is 19.0 Å². The number of anilines is 1. The van der Waals surface area contributed by atoms with Crippen molar-refractivity contribution in [2.75, 3.05) is 38.2 Å². The molecule has 0 spiro atoms. The molecular formula is C24H22ClF3N6O3S. The van der Waals surface area contributed by atoms with Crippen LogP contribution >= 0.6 is 11.6 Å². The van der Waals surface area contributed by atoms with E-state index in [2.05, 4.69) is 15.1 Å². The molecule has 3 heterocycles. The molecule has 1 aliphatic heterocycles. The summed E-state index contributed by atoms with van der Waals surface area (Å²) in [6.07, 6.45) is -1.08. The van der Waals surface area contributed by atoms with Crippen molar-refractivity contribution in [3.63, 3.8) is 0 Å². The molecule has 1 fully saturated rings. The van der Waals surface area contributed by atoms with Gasteiger partial charge in [0.2, 0.25) is 10.0 Å². The summed E-state index contributed by atoms with van der Waals surface area (Å²) in [7, 11) is -2.56. The fraction of sp³-hybridized carbons (Fsp3) is 0.292. The monoisotopic (exact) mass is 566 g/mol. The molecule has 5 rings (SSSR count). The van der Waals surface area contributed by atoms with Gasteiger partial charge in [0.25, 0.3) is 5.78 Å². The minimum Gasteiger partial charge on any atom is -0.497 e. The largest absolute Gasteiger partial charge is 0.497 e. The minimum absolute atomic E-state index is 0.0836. The molecule has 0 atom stereocenters. The van der Waals surface area contributed by atoms with Gasteiger partial charge in [-0.1, -0.05) is 23.7 Å². The number of hydrogen-bond donors (Lipinski definition) is 0. The quantitative estimate of drug-likeness (QED) is 0.354. The Hall–Kier alpha value is -3.42. The van der Waals surface area contributed by atoms with Gasteiger partial charge in [-0.3, -0.25) is 0 Å². The molecule has 0 saturated carbocycles. The maximum atomic E-state index is 13.4. The molecule has 1 aliphatic rings. The molecule has 9 nitrogen and oxygen atoms in total. The number of aromatic nitrogens is 4. The lowest BCUT2D eigenvalue weighted by molar-refractivity contribution is -0.137. The van der Waals surface area contributed by atoms with E-state index in [1.54, 1.807) is 17.8 Å². The van der Waals surface area contributed by atoms with Crippen LogP contribution in [0.2, 0.25) is 5.02 Å². The van der Waals surface area contributed by atoms with Gasteiger partial charge in [-0.2, -0.15) is 32.1 Å². The second kappa shape index (κ2) is 10.0. The van der Waals surface area contributed by atoms with Crippen LogP contribution in [0.15, 0.2) is 59.9 Å². The smallest absolute Gasteiger partial charge is 0.416 e. The average Bonchev–Trinajstić information content (AvgIpc) is 3.23. The maximum absolute atomic E-state index is 13.4. The van der Waals surface area contributed by atoms with Crippen LogP contribution in [0.25, 0.3) is 16.9 Å². The highest BCUT2D eigenvalue weighted by Gasteiger charge is 2.34. The molecule has 0 bridgehead atoms. The third-order valence-corrected chi connectivity index (χ3v) is 8.69. The normalized spacial score (nSPS) is 15.6. The van der Waals surface area contributed by atoms with Crippen molar-refractivity contribution in [2.45, 2.75) is 17.5 Å². The van der Waals surface area contributed by atoms with Crippen molar-refractivity contribution in [1.82, 2.24) is 23.9 Å². The van der Waals surface area contributed by atoms with Gasteiger partial charge in [0.15, 0.2) is 0 Å². The van der Waals surface area contributed by atoms with Crippen LogP contribution in [0.1, 0.15) is 12.0 Å². The first-order chi connectivity index (χ1) is 18.1. The van der Waals surface area contributed by atoms with Crippen molar-refractivity contribution < 1.29 is 26.3 Å². The summed E-state index contributed by atoms with van der Waals surface area (Å²) in [4.78, 5) is 10.2. The van der Waals surface area contributed by atoms with E-state index in [1.807, 2.05) is 29.2 Å². The molecule has 4 aromatic rings. The van der Waals surface area contributed by atoms with Crippen molar-refractivity contribution in [1.29, 1.82) is 0 Å². The topological polar surface area (TPSA) is 92.9 Å². The first kappa shape index (κ1) is 26.2. The molecule has 2 aromatic heterocycles. The Balaban J connectivity index is 1.46. The number of rotatable bonds is 5. The summed E-state index contributed by atoms with van der Waals surface area (Å²) in [5.41, 5.74) is 0.618. The Morgan fingerprint density at radius 2 is 1.76 bits per heavy atom. The Morgan fingerprint density at radius 1 is 1.00 bits per heavy atom. The number of ether oxygens (including phenoxy) is 1. The van der Waals surface area contributed by atoms with Crippen LogP contribution in [0.5, 0.6) is 5.75 Å². The van der Waals surface area contributed by atoms with Crippen LogP contribution in [-0.4, -0.2) is 65.6 Å². The molecule has 38 heavy (non-hydrogen) atoms. The third-order valence-electron chi connectivity index (χ3n) is 6.31. The fourth-order valence-electron chi connectivity index (χ4n) is 4.42. The van der Waals surface area contributed by atoms with Gasteiger partial charge < -0.3 is 9.64 Å². The number of halogens is 4. The molecule has 200 valence electrons. The first-order valence-corrected chi connectivity index (χ1v) is 13.4. The first-order valence-electron chi connectivity index (χ1n) is 11.5. The molecule has 0 amide bonds. The van der Waals surface area contributed by atoms with Gasteiger partial charge >= 0.3 is 6.18 Å². The van der Waals surface area contributed by atoms with Crippen molar-refractivity contribution in [3.05, 3.63) is 65.6 Å². The lowest BCUT2D eigenvalue weighted by Crippen LogP contribution is -2.36. The van der Waals surface area contributed by atoms with E-state index in [1.165, 1.54) is 10.6 Å². The Morgan fingerprint density at radius 3 is 2.45 bits per heavy atom. The maximum Gasteiger partial charge on any atom is 0.416 e. The molecule has 2 aromatic carbocycles. The predicted octanol–water partition coefficient (Wildman–Crippen LogP) is 4.37. The highest BCUT2D eigenvalue weighted by molar-refractivity contribution is 7.89. The van der Waals surface area contributed by atoms with Crippen LogP contribution in [0, 0.1) is 0 Å². The Labute approximate surface area is 221 Å². The number of sulfonamides is 1. The van der Waals surface area contributed by atoms with Gasteiger partial charge in [0, 0.05) is 37.9 Å². The summed E-state index contributed by atoms with van der Waals surface area (Å²) >= 11 is 6.02. The number of fused-ring (bicyclic) bond motifs is 1. The second-order valence-electron chi connectivity index (χ2n) is 8.58. The molecular weight excluding hydrogens is 545 g/mol. The van der Waals surface area contributed by atoms with Crippen LogP contribution < -0.4 is 9.64 Å². The number of methoxy groups -OCH3 is 1. The van der Waals surface area contributed by atoms with Crippen molar-refractivity contribution in [2.24, 2.45) is 0 Å². The van der Waals surface area contributed by atoms with E-state index in [4.69, 9.17) is 16.3 Å². The van der Waals surface area contributed by atoms with Crippen LogP contribution in [0.3, 0.4) is 0 Å². The molecule has 1 saturated heterocycles. The van der Waals surface area contributed by atoms with Gasteiger partial charge in [0.1, 0.15) is 22.8 Å². The highest BCUT2D eigenvalue weighted by Crippen LogP contribution is 2.35. The number of nitrogens with zero attached hydrogens (tertiary/aromatic N) is 6. The lowest BCUT2D eigenvalue weighted by Gasteiger charge is -2.26. The SMILES string of the molecule is COc1ccc(-c2cnc3ncnn3c2N2CCCN(S(=O)(=O)c3ccc(C(F)(F)F)cc3Cl)CC2)cc1. The zero-order chi connectivity index (χ0) is 27.1. The van der Waals surface area contributed by atoms with E-state index in [0.29, 0.717) is 42.9 Å². The standard InChI is InChI=1S/C24H22ClF3N6O3S/c1-37-18-6-3-16(4-7-18)19-14-29-23-30-15-31-34(23)22(19)32-9-2-10-33(12-11-32)38(35,36)21-8-5-17(13-20(21)25)24(26,27)28/h3-8,13-15H,2,9-12H2,1H3. The molecule has 0 radical (unpaired) electrons.